The number of anilines is 1. The van der Waals surface area contributed by atoms with Crippen LogP contribution in [0.4, 0.5) is 11.4 Å². The zero-order valence-electron chi connectivity index (χ0n) is 11.1. The summed E-state index contributed by atoms with van der Waals surface area (Å²) in [6.07, 6.45) is -0.101. The molecule has 112 valence electrons. The molecule has 0 saturated carbocycles. The fourth-order valence-corrected chi connectivity index (χ4v) is 2.25. The fourth-order valence-electron chi connectivity index (χ4n) is 1.33. The van der Waals surface area contributed by atoms with Gasteiger partial charge in [0.2, 0.25) is 10.0 Å². The van der Waals surface area contributed by atoms with Gasteiger partial charge in [0, 0.05) is 12.1 Å². The van der Waals surface area contributed by atoms with E-state index in [0.717, 1.165) is 18.2 Å². The summed E-state index contributed by atoms with van der Waals surface area (Å²) in [7, 11) is -3.75. The van der Waals surface area contributed by atoms with Gasteiger partial charge in [0.25, 0.3) is 5.69 Å². The van der Waals surface area contributed by atoms with Crippen LogP contribution in [-0.2, 0) is 14.8 Å². The number of aromatic hydroxyl groups is 1. The number of benzene rings is 1. The van der Waals surface area contributed by atoms with E-state index in [1.54, 1.807) is 13.8 Å². The van der Waals surface area contributed by atoms with Crippen molar-refractivity contribution in [3.8, 4) is 5.75 Å². The molecule has 9 heteroatoms. The molecular formula is C11H16N2O6S. The predicted octanol–water partition coefficient (Wildman–Crippen LogP) is 1.47. The van der Waals surface area contributed by atoms with Crippen LogP contribution in [0.3, 0.4) is 0 Å². The van der Waals surface area contributed by atoms with Gasteiger partial charge in [0.15, 0.2) is 0 Å². The van der Waals surface area contributed by atoms with Gasteiger partial charge in [-0.05, 0) is 19.9 Å². The first kappa shape index (κ1) is 16.2. The van der Waals surface area contributed by atoms with Crippen molar-refractivity contribution in [2.24, 2.45) is 0 Å². The summed E-state index contributed by atoms with van der Waals surface area (Å²) in [6, 6.07) is 3.09. The molecule has 1 rings (SSSR count). The van der Waals surface area contributed by atoms with Gasteiger partial charge in [0.05, 0.1) is 29.1 Å². The minimum absolute atomic E-state index is 0.0112. The van der Waals surface area contributed by atoms with Crippen LogP contribution in [-0.4, -0.2) is 36.9 Å². The van der Waals surface area contributed by atoms with E-state index in [-0.39, 0.29) is 35.6 Å². The molecule has 0 aliphatic carbocycles. The Morgan fingerprint density at radius 3 is 2.65 bits per heavy atom. The number of hydrogen-bond acceptors (Lipinski definition) is 6. The smallest absolute Gasteiger partial charge is 0.271 e. The molecule has 1 aromatic carbocycles. The third-order valence-electron chi connectivity index (χ3n) is 2.26. The van der Waals surface area contributed by atoms with Crippen LogP contribution in [0.25, 0.3) is 0 Å². The zero-order chi connectivity index (χ0) is 15.3. The highest BCUT2D eigenvalue weighted by Crippen LogP contribution is 2.28. The van der Waals surface area contributed by atoms with Gasteiger partial charge in [-0.15, -0.1) is 0 Å². The predicted molar refractivity (Wildman–Crippen MR) is 73.3 cm³/mol. The molecule has 20 heavy (non-hydrogen) atoms. The third-order valence-corrected chi connectivity index (χ3v) is 3.49. The molecule has 0 radical (unpaired) electrons. The summed E-state index contributed by atoms with van der Waals surface area (Å²) >= 11 is 0. The van der Waals surface area contributed by atoms with Crippen molar-refractivity contribution in [3.63, 3.8) is 0 Å². The molecule has 0 aliphatic rings. The molecule has 0 fully saturated rings. The minimum Gasteiger partial charge on any atom is -0.506 e. The minimum atomic E-state index is -3.75. The second-order valence-corrected chi connectivity index (χ2v) is 6.14. The number of non-ortho nitro benzene ring substituents is 1. The molecule has 2 N–H and O–H groups in total. The van der Waals surface area contributed by atoms with Crippen molar-refractivity contribution < 1.29 is 23.2 Å². The van der Waals surface area contributed by atoms with E-state index in [4.69, 9.17) is 4.74 Å². The van der Waals surface area contributed by atoms with Gasteiger partial charge in [-0.25, -0.2) is 8.42 Å². The number of nitrogens with one attached hydrogen (secondary N) is 1. The Morgan fingerprint density at radius 1 is 1.45 bits per heavy atom. The first-order valence-corrected chi connectivity index (χ1v) is 7.46. The first-order valence-electron chi connectivity index (χ1n) is 5.81. The highest BCUT2D eigenvalue weighted by Gasteiger charge is 2.16. The Balaban J connectivity index is 2.81. The summed E-state index contributed by atoms with van der Waals surface area (Å²) in [5, 5.41) is 20.1. The van der Waals surface area contributed by atoms with Gasteiger partial charge in [-0.1, -0.05) is 0 Å². The number of nitro groups is 1. The number of phenols is 1. The van der Waals surface area contributed by atoms with E-state index in [2.05, 4.69) is 4.72 Å². The third kappa shape index (κ3) is 5.02. The quantitative estimate of drug-likeness (QED) is 0.447. The van der Waals surface area contributed by atoms with Crippen molar-refractivity contribution in [3.05, 3.63) is 28.3 Å². The van der Waals surface area contributed by atoms with Crippen LogP contribution < -0.4 is 4.72 Å². The SMILES string of the molecule is CC(C)OCCS(=O)(=O)Nc1cc([N+](=O)[O-])ccc1O. The molecule has 0 unspecified atom stereocenters. The maximum absolute atomic E-state index is 11.7. The van der Waals surface area contributed by atoms with Crippen molar-refractivity contribution in [2.45, 2.75) is 20.0 Å². The number of nitro benzene ring substituents is 1. The first-order chi connectivity index (χ1) is 9.21. The second-order valence-electron chi connectivity index (χ2n) is 4.30. The number of ether oxygens (including phenoxy) is 1. The lowest BCUT2D eigenvalue weighted by molar-refractivity contribution is -0.384. The summed E-state index contributed by atoms with van der Waals surface area (Å²) in [5.74, 6) is -0.697. The second kappa shape index (κ2) is 6.53. The molecule has 0 amide bonds. The highest BCUT2D eigenvalue weighted by molar-refractivity contribution is 7.92. The molecule has 0 aromatic heterocycles. The Kier molecular flexibility index (Phi) is 5.28. The number of sulfonamides is 1. The van der Waals surface area contributed by atoms with Gasteiger partial charge in [-0.3, -0.25) is 14.8 Å². The standard InChI is InChI=1S/C11H16N2O6S/c1-8(2)19-5-6-20(17,18)12-10-7-9(13(15)16)3-4-11(10)14/h3-4,7-8,12,14H,5-6H2,1-2H3. The average Bonchev–Trinajstić information content (AvgIpc) is 2.30. The van der Waals surface area contributed by atoms with Gasteiger partial charge < -0.3 is 9.84 Å². The monoisotopic (exact) mass is 304 g/mol. The molecule has 1 aromatic rings. The van der Waals surface area contributed by atoms with Crippen LogP contribution in [0.15, 0.2) is 18.2 Å². The van der Waals surface area contributed by atoms with E-state index in [0.29, 0.717) is 0 Å². The van der Waals surface area contributed by atoms with Crippen LogP contribution >= 0.6 is 0 Å². The number of phenolic OH excluding ortho intramolecular Hbond substituents is 1. The Morgan fingerprint density at radius 2 is 2.10 bits per heavy atom. The van der Waals surface area contributed by atoms with Crippen molar-refractivity contribution >= 4 is 21.4 Å². The molecule has 0 spiro atoms. The zero-order valence-corrected chi connectivity index (χ0v) is 11.9. The van der Waals surface area contributed by atoms with Crippen molar-refractivity contribution in [2.75, 3.05) is 17.1 Å². The van der Waals surface area contributed by atoms with Crippen LogP contribution in [0, 0.1) is 10.1 Å². The average molecular weight is 304 g/mol. The summed E-state index contributed by atoms with van der Waals surface area (Å²) in [5.41, 5.74) is -0.553. The van der Waals surface area contributed by atoms with E-state index in [1.165, 1.54) is 0 Å². The molecule has 0 heterocycles. The highest BCUT2D eigenvalue weighted by atomic mass is 32.2. The maximum Gasteiger partial charge on any atom is 0.271 e. The molecule has 8 nitrogen and oxygen atoms in total. The lowest BCUT2D eigenvalue weighted by atomic mass is 10.2. The molecule has 0 atom stereocenters. The fraction of sp³-hybridized carbons (Fsp3) is 0.455. The van der Waals surface area contributed by atoms with Gasteiger partial charge in [0.1, 0.15) is 5.75 Å². The lowest BCUT2D eigenvalue weighted by Gasteiger charge is -2.11. The molecule has 0 saturated heterocycles. The van der Waals surface area contributed by atoms with Crippen LogP contribution in [0.1, 0.15) is 13.8 Å². The lowest BCUT2D eigenvalue weighted by Crippen LogP contribution is -2.21. The molecule has 0 bridgehead atoms. The van der Waals surface area contributed by atoms with Crippen molar-refractivity contribution in [1.29, 1.82) is 0 Å². The summed E-state index contributed by atoms with van der Waals surface area (Å²) in [4.78, 5) is 9.92. The Bertz CT molecular complexity index is 585. The molecular weight excluding hydrogens is 288 g/mol. The van der Waals surface area contributed by atoms with Crippen LogP contribution in [0.5, 0.6) is 5.75 Å². The largest absolute Gasteiger partial charge is 0.506 e. The Labute approximate surface area is 116 Å². The van der Waals surface area contributed by atoms with E-state index in [1.807, 2.05) is 0 Å². The summed E-state index contributed by atoms with van der Waals surface area (Å²) < 4.78 is 30.7. The van der Waals surface area contributed by atoms with E-state index < -0.39 is 14.9 Å². The molecule has 0 aliphatic heterocycles. The number of nitrogens with zero attached hydrogens (tertiary/aromatic N) is 1. The van der Waals surface area contributed by atoms with E-state index >= 15 is 0 Å². The Hall–Kier alpha value is -1.87. The summed E-state index contributed by atoms with van der Waals surface area (Å²) in [6.45, 7) is 3.53. The topological polar surface area (TPSA) is 119 Å². The van der Waals surface area contributed by atoms with E-state index in [9.17, 15) is 23.6 Å². The van der Waals surface area contributed by atoms with Gasteiger partial charge >= 0.3 is 0 Å². The number of rotatable bonds is 7. The normalized spacial score (nSPS) is 11.6. The number of hydrogen-bond donors (Lipinski definition) is 2. The van der Waals surface area contributed by atoms with Crippen molar-refractivity contribution in [1.82, 2.24) is 0 Å². The van der Waals surface area contributed by atoms with Gasteiger partial charge in [-0.2, -0.15) is 0 Å². The van der Waals surface area contributed by atoms with Crippen LogP contribution in [0.2, 0.25) is 0 Å². The maximum atomic E-state index is 11.7.